The zero-order valence-electron chi connectivity index (χ0n) is 10.8. The molecule has 0 bridgehead atoms. The number of methoxy groups -OCH3 is 1. The van der Waals surface area contributed by atoms with Crippen LogP contribution in [0.15, 0.2) is 12.1 Å². The molecule has 5 heteroatoms. The van der Waals surface area contributed by atoms with E-state index in [1.54, 1.807) is 7.11 Å². The van der Waals surface area contributed by atoms with Crippen molar-refractivity contribution >= 4 is 27.5 Å². The highest BCUT2D eigenvalue weighted by Crippen LogP contribution is 2.36. The molecule has 0 saturated carbocycles. The van der Waals surface area contributed by atoms with Crippen LogP contribution >= 0.6 is 27.5 Å². The van der Waals surface area contributed by atoms with E-state index in [-0.39, 0.29) is 6.10 Å². The normalized spacial score (nSPS) is 10.8. The van der Waals surface area contributed by atoms with Gasteiger partial charge in [0.05, 0.1) is 24.8 Å². The summed E-state index contributed by atoms with van der Waals surface area (Å²) in [5.74, 6) is 1.21. The predicted octanol–water partition coefficient (Wildman–Crippen LogP) is 4.05. The minimum absolute atomic E-state index is 0.196. The van der Waals surface area contributed by atoms with Gasteiger partial charge in [-0.25, -0.2) is 0 Å². The quantitative estimate of drug-likeness (QED) is 0.555. The summed E-state index contributed by atoms with van der Waals surface area (Å²) in [6.45, 7) is 4.94. The first-order valence-electron chi connectivity index (χ1n) is 5.75. The SMILES string of the molecule is COc1cc(CBr)cc(Cl)c1OCCOC(C)C. The van der Waals surface area contributed by atoms with Gasteiger partial charge in [0.1, 0.15) is 6.61 Å². The van der Waals surface area contributed by atoms with Gasteiger partial charge in [-0.15, -0.1) is 0 Å². The van der Waals surface area contributed by atoms with Crippen LogP contribution in [0.5, 0.6) is 11.5 Å². The van der Waals surface area contributed by atoms with Crippen LogP contribution in [-0.4, -0.2) is 26.4 Å². The van der Waals surface area contributed by atoms with E-state index in [1.165, 1.54) is 0 Å². The number of halogens is 2. The van der Waals surface area contributed by atoms with Gasteiger partial charge >= 0.3 is 0 Å². The first kappa shape index (κ1) is 15.6. The van der Waals surface area contributed by atoms with Crippen molar-refractivity contribution in [3.63, 3.8) is 0 Å². The third-order valence-electron chi connectivity index (χ3n) is 2.22. The van der Waals surface area contributed by atoms with Crippen molar-refractivity contribution in [3.8, 4) is 11.5 Å². The van der Waals surface area contributed by atoms with E-state index in [1.807, 2.05) is 26.0 Å². The highest BCUT2D eigenvalue weighted by Gasteiger charge is 2.11. The molecule has 0 N–H and O–H groups in total. The van der Waals surface area contributed by atoms with Crippen molar-refractivity contribution in [1.82, 2.24) is 0 Å². The Balaban J connectivity index is 2.69. The van der Waals surface area contributed by atoms with E-state index < -0.39 is 0 Å². The molecule has 1 aromatic carbocycles. The topological polar surface area (TPSA) is 27.7 Å². The number of rotatable bonds is 7. The van der Waals surface area contributed by atoms with Crippen molar-refractivity contribution in [1.29, 1.82) is 0 Å². The van der Waals surface area contributed by atoms with E-state index in [0.29, 0.717) is 29.7 Å². The Morgan fingerprint density at radius 3 is 2.56 bits per heavy atom. The summed E-state index contributed by atoms with van der Waals surface area (Å²) in [7, 11) is 1.60. The molecule has 0 fully saturated rings. The average molecular weight is 338 g/mol. The van der Waals surface area contributed by atoms with Gasteiger partial charge in [-0.05, 0) is 31.5 Å². The van der Waals surface area contributed by atoms with E-state index in [4.69, 9.17) is 25.8 Å². The summed E-state index contributed by atoms with van der Waals surface area (Å²) in [6.07, 6.45) is 0.196. The molecule has 0 aliphatic heterocycles. The maximum Gasteiger partial charge on any atom is 0.179 e. The molecule has 0 heterocycles. The molecule has 0 spiro atoms. The maximum absolute atomic E-state index is 6.17. The van der Waals surface area contributed by atoms with Crippen LogP contribution in [0, 0.1) is 0 Å². The van der Waals surface area contributed by atoms with Gasteiger partial charge < -0.3 is 14.2 Å². The van der Waals surface area contributed by atoms with E-state index in [2.05, 4.69) is 15.9 Å². The second-order valence-electron chi connectivity index (χ2n) is 4.01. The van der Waals surface area contributed by atoms with Crippen LogP contribution in [0.1, 0.15) is 19.4 Å². The Labute approximate surface area is 121 Å². The first-order chi connectivity index (χ1) is 8.58. The Morgan fingerprint density at radius 2 is 2.00 bits per heavy atom. The van der Waals surface area contributed by atoms with Crippen molar-refractivity contribution in [2.24, 2.45) is 0 Å². The molecule has 102 valence electrons. The minimum atomic E-state index is 0.196. The summed E-state index contributed by atoms with van der Waals surface area (Å²) in [5.41, 5.74) is 1.04. The Morgan fingerprint density at radius 1 is 1.28 bits per heavy atom. The summed E-state index contributed by atoms with van der Waals surface area (Å²) in [6, 6.07) is 3.76. The van der Waals surface area contributed by atoms with Gasteiger partial charge in [-0.2, -0.15) is 0 Å². The van der Waals surface area contributed by atoms with Gasteiger partial charge in [-0.1, -0.05) is 27.5 Å². The minimum Gasteiger partial charge on any atom is -0.493 e. The molecule has 0 unspecified atom stereocenters. The van der Waals surface area contributed by atoms with Gasteiger partial charge in [-0.3, -0.25) is 0 Å². The van der Waals surface area contributed by atoms with Crippen molar-refractivity contribution in [2.75, 3.05) is 20.3 Å². The van der Waals surface area contributed by atoms with Crippen molar-refractivity contribution in [2.45, 2.75) is 25.3 Å². The van der Waals surface area contributed by atoms with E-state index in [0.717, 1.165) is 10.9 Å². The fraction of sp³-hybridized carbons (Fsp3) is 0.538. The van der Waals surface area contributed by atoms with Gasteiger partial charge in [0.15, 0.2) is 11.5 Å². The monoisotopic (exact) mass is 336 g/mol. The lowest BCUT2D eigenvalue weighted by Gasteiger charge is -2.14. The third-order valence-corrected chi connectivity index (χ3v) is 3.15. The standard InChI is InChI=1S/C13H18BrClO3/c1-9(2)17-4-5-18-13-11(15)6-10(8-14)7-12(13)16-3/h6-7,9H,4-5,8H2,1-3H3. The summed E-state index contributed by atoms with van der Waals surface area (Å²) < 4.78 is 16.3. The molecule has 0 aromatic heterocycles. The van der Waals surface area contributed by atoms with Crippen molar-refractivity contribution in [3.05, 3.63) is 22.7 Å². The molecule has 0 aliphatic rings. The molecule has 0 aliphatic carbocycles. The maximum atomic E-state index is 6.17. The van der Waals surface area contributed by atoms with Crippen LogP contribution in [0.4, 0.5) is 0 Å². The zero-order chi connectivity index (χ0) is 13.5. The lowest BCUT2D eigenvalue weighted by molar-refractivity contribution is 0.0547. The molecule has 1 rings (SSSR count). The van der Waals surface area contributed by atoms with Crippen LogP contribution in [-0.2, 0) is 10.1 Å². The zero-order valence-corrected chi connectivity index (χ0v) is 13.2. The summed E-state index contributed by atoms with van der Waals surface area (Å²) in [5, 5.41) is 1.27. The summed E-state index contributed by atoms with van der Waals surface area (Å²) in [4.78, 5) is 0. The largest absolute Gasteiger partial charge is 0.493 e. The van der Waals surface area contributed by atoms with Crippen LogP contribution in [0.3, 0.4) is 0 Å². The average Bonchev–Trinajstić information content (AvgIpc) is 2.34. The highest BCUT2D eigenvalue weighted by molar-refractivity contribution is 9.08. The van der Waals surface area contributed by atoms with Gasteiger partial charge in [0.25, 0.3) is 0 Å². The van der Waals surface area contributed by atoms with Crippen LogP contribution in [0.2, 0.25) is 5.02 Å². The molecule has 0 saturated heterocycles. The second kappa shape index (κ2) is 7.87. The smallest absolute Gasteiger partial charge is 0.179 e. The van der Waals surface area contributed by atoms with Gasteiger partial charge in [0.2, 0.25) is 0 Å². The lowest BCUT2D eigenvalue weighted by Crippen LogP contribution is -2.11. The molecule has 0 radical (unpaired) electrons. The van der Waals surface area contributed by atoms with Crippen molar-refractivity contribution < 1.29 is 14.2 Å². The molecule has 3 nitrogen and oxygen atoms in total. The summed E-state index contributed by atoms with van der Waals surface area (Å²) >= 11 is 9.55. The molecular formula is C13H18BrClO3. The van der Waals surface area contributed by atoms with Crippen LogP contribution in [0.25, 0.3) is 0 Å². The molecular weight excluding hydrogens is 319 g/mol. The number of hydrogen-bond donors (Lipinski definition) is 0. The number of ether oxygens (including phenoxy) is 3. The first-order valence-corrected chi connectivity index (χ1v) is 7.25. The fourth-order valence-electron chi connectivity index (χ4n) is 1.42. The number of hydrogen-bond acceptors (Lipinski definition) is 3. The third kappa shape index (κ3) is 4.67. The Hall–Kier alpha value is -0.450. The molecule has 1 aromatic rings. The molecule has 0 atom stereocenters. The molecule has 18 heavy (non-hydrogen) atoms. The highest BCUT2D eigenvalue weighted by atomic mass is 79.9. The number of benzene rings is 1. The molecule has 0 amide bonds. The second-order valence-corrected chi connectivity index (χ2v) is 4.98. The van der Waals surface area contributed by atoms with E-state index in [9.17, 15) is 0 Å². The van der Waals surface area contributed by atoms with Gasteiger partial charge in [0, 0.05) is 5.33 Å². The Bertz CT molecular complexity index is 383. The lowest BCUT2D eigenvalue weighted by atomic mass is 10.2. The van der Waals surface area contributed by atoms with Crippen LogP contribution < -0.4 is 9.47 Å². The van der Waals surface area contributed by atoms with E-state index >= 15 is 0 Å². The number of alkyl halides is 1. The fourth-order valence-corrected chi connectivity index (χ4v) is 2.03. The predicted molar refractivity (Wildman–Crippen MR) is 77.2 cm³/mol. The Kier molecular flexibility index (Phi) is 6.82.